The molecule has 1 atom stereocenters. The van der Waals surface area contributed by atoms with Crippen LogP contribution in [0.1, 0.15) is 60.8 Å². The Morgan fingerprint density at radius 2 is 1.90 bits per heavy atom. The second kappa shape index (κ2) is 10.2. The highest BCUT2D eigenvalue weighted by Gasteiger charge is 2.32. The van der Waals surface area contributed by atoms with E-state index in [4.69, 9.17) is 4.74 Å². The third kappa shape index (κ3) is 6.71. The lowest BCUT2D eigenvalue weighted by molar-refractivity contribution is -0.150. The molecular weight excluding hydrogens is 252 g/mol. The summed E-state index contributed by atoms with van der Waals surface area (Å²) in [5.74, 6) is -0.127. The normalized spacial score (nSPS) is 14.6. The van der Waals surface area contributed by atoms with Gasteiger partial charge in [0, 0.05) is 6.04 Å². The molecule has 0 radical (unpaired) electrons. The molecule has 0 aliphatic carbocycles. The molecule has 4 nitrogen and oxygen atoms in total. The van der Waals surface area contributed by atoms with E-state index in [9.17, 15) is 4.79 Å². The minimum Gasteiger partial charge on any atom is -0.465 e. The molecule has 0 aliphatic heterocycles. The minimum atomic E-state index is -0.542. The van der Waals surface area contributed by atoms with Crippen LogP contribution in [-0.2, 0) is 9.53 Å². The second-order valence-corrected chi connectivity index (χ2v) is 5.76. The summed E-state index contributed by atoms with van der Waals surface area (Å²) in [6.07, 6.45) is 2.98. The van der Waals surface area contributed by atoms with E-state index in [1.165, 1.54) is 0 Å². The van der Waals surface area contributed by atoms with Crippen molar-refractivity contribution < 1.29 is 9.53 Å². The molecule has 0 aromatic heterocycles. The number of ether oxygens (including phenoxy) is 1. The van der Waals surface area contributed by atoms with Gasteiger partial charge in [-0.25, -0.2) is 0 Å². The second-order valence-electron chi connectivity index (χ2n) is 5.76. The Balaban J connectivity index is 4.24. The third-order valence-corrected chi connectivity index (χ3v) is 3.80. The fraction of sp³-hybridized carbons (Fsp3) is 0.938. The Kier molecular flexibility index (Phi) is 9.86. The maximum Gasteiger partial charge on any atom is 0.326 e. The van der Waals surface area contributed by atoms with Crippen molar-refractivity contribution in [1.29, 1.82) is 0 Å². The van der Waals surface area contributed by atoms with E-state index >= 15 is 0 Å². The van der Waals surface area contributed by atoms with E-state index in [1.807, 2.05) is 20.8 Å². The van der Waals surface area contributed by atoms with Crippen molar-refractivity contribution in [2.24, 2.45) is 0 Å². The summed E-state index contributed by atoms with van der Waals surface area (Å²) >= 11 is 0. The van der Waals surface area contributed by atoms with E-state index in [1.54, 1.807) is 0 Å². The topological polar surface area (TPSA) is 41.6 Å². The fourth-order valence-corrected chi connectivity index (χ4v) is 2.52. The standard InChI is InChI=1S/C16H34N2O2/c1-7-17-16(6,15(19)20-9-3)12-10-11-13-18(8-2)14(4)5/h14,17H,7-13H2,1-6H3. The van der Waals surface area contributed by atoms with Gasteiger partial charge in [-0.1, -0.05) is 13.8 Å². The monoisotopic (exact) mass is 286 g/mol. The van der Waals surface area contributed by atoms with E-state index in [0.29, 0.717) is 12.6 Å². The Morgan fingerprint density at radius 3 is 2.35 bits per heavy atom. The average Bonchev–Trinajstić information content (AvgIpc) is 2.39. The number of carbonyl (C=O) groups is 1. The molecule has 1 unspecified atom stereocenters. The Bertz CT molecular complexity index is 269. The summed E-state index contributed by atoms with van der Waals surface area (Å²) in [6, 6.07) is 0.588. The van der Waals surface area contributed by atoms with Gasteiger partial charge in [-0.15, -0.1) is 0 Å². The molecule has 0 heterocycles. The first kappa shape index (κ1) is 19.4. The van der Waals surface area contributed by atoms with Crippen LogP contribution in [0, 0.1) is 0 Å². The molecule has 120 valence electrons. The summed E-state index contributed by atoms with van der Waals surface area (Å²) in [4.78, 5) is 14.5. The van der Waals surface area contributed by atoms with Crippen molar-refractivity contribution in [2.45, 2.75) is 72.4 Å². The highest BCUT2D eigenvalue weighted by atomic mass is 16.5. The van der Waals surface area contributed by atoms with E-state index in [-0.39, 0.29) is 5.97 Å². The first-order valence-electron chi connectivity index (χ1n) is 8.07. The van der Waals surface area contributed by atoms with Crippen molar-refractivity contribution >= 4 is 5.97 Å². The number of hydrogen-bond acceptors (Lipinski definition) is 4. The van der Waals surface area contributed by atoms with Crippen molar-refractivity contribution in [3.63, 3.8) is 0 Å². The maximum atomic E-state index is 12.1. The lowest BCUT2D eigenvalue weighted by Crippen LogP contribution is -2.50. The van der Waals surface area contributed by atoms with Gasteiger partial charge in [-0.3, -0.25) is 4.79 Å². The maximum absolute atomic E-state index is 12.1. The van der Waals surface area contributed by atoms with E-state index in [2.05, 4.69) is 31.0 Å². The first-order chi connectivity index (χ1) is 9.41. The van der Waals surface area contributed by atoms with E-state index in [0.717, 1.165) is 38.9 Å². The molecule has 0 spiro atoms. The van der Waals surface area contributed by atoms with Gasteiger partial charge in [0.25, 0.3) is 0 Å². The van der Waals surface area contributed by atoms with Crippen LogP contribution in [0.15, 0.2) is 0 Å². The van der Waals surface area contributed by atoms with Crippen LogP contribution >= 0.6 is 0 Å². The Hall–Kier alpha value is -0.610. The summed E-state index contributed by atoms with van der Waals surface area (Å²) in [6.45, 7) is 15.9. The molecular formula is C16H34N2O2. The number of nitrogens with one attached hydrogen (secondary N) is 1. The summed E-state index contributed by atoms with van der Waals surface area (Å²) in [5.41, 5.74) is -0.542. The van der Waals surface area contributed by atoms with Gasteiger partial charge in [0.15, 0.2) is 0 Å². The zero-order chi connectivity index (χ0) is 15.6. The van der Waals surface area contributed by atoms with Gasteiger partial charge in [0.05, 0.1) is 6.61 Å². The predicted molar refractivity (Wildman–Crippen MR) is 84.9 cm³/mol. The molecule has 0 amide bonds. The van der Waals surface area contributed by atoms with Crippen LogP contribution in [0.3, 0.4) is 0 Å². The van der Waals surface area contributed by atoms with Gasteiger partial charge < -0.3 is 15.0 Å². The molecule has 1 N–H and O–H groups in total. The van der Waals surface area contributed by atoms with Gasteiger partial charge in [0.1, 0.15) is 5.54 Å². The smallest absolute Gasteiger partial charge is 0.326 e. The van der Waals surface area contributed by atoms with Crippen molar-refractivity contribution in [3.05, 3.63) is 0 Å². The highest BCUT2D eigenvalue weighted by molar-refractivity contribution is 5.80. The molecule has 0 aromatic carbocycles. The number of esters is 1. The summed E-state index contributed by atoms with van der Waals surface area (Å²) in [7, 11) is 0. The molecule has 0 saturated carbocycles. The van der Waals surface area contributed by atoms with Crippen LogP contribution in [0.25, 0.3) is 0 Å². The van der Waals surface area contributed by atoms with Crippen LogP contribution < -0.4 is 5.32 Å². The molecule has 0 aliphatic rings. The molecule has 20 heavy (non-hydrogen) atoms. The number of likely N-dealkylation sites (N-methyl/N-ethyl adjacent to an activating group) is 1. The lowest BCUT2D eigenvalue weighted by Gasteiger charge is -2.29. The minimum absolute atomic E-state index is 0.127. The van der Waals surface area contributed by atoms with Gasteiger partial charge in [-0.2, -0.15) is 0 Å². The zero-order valence-corrected chi connectivity index (χ0v) is 14.3. The Labute approximate surface area is 125 Å². The molecule has 0 saturated heterocycles. The van der Waals surface area contributed by atoms with Crippen LogP contribution in [0.2, 0.25) is 0 Å². The van der Waals surface area contributed by atoms with Crippen LogP contribution in [0.4, 0.5) is 0 Å². The Morgan fingerprint density at radius 1 is 1.25 bits per heavy atom. The third-order valence-electron chi connectivity index (χ3n) is 3.80. The average molecular weight is 286 g/mol. The number of hydrogen-bond donors (Lipinski definition) is 1. The lowest BCUT2D eigenvalue weighted by atomic mass is 9.94. The molecule has 0 aromatic rings. The van der Waals surface area contributed by atoms with Gasteiger partial charge >= 0.3 is 5.97 Å². The van der Waals surface area contributed by atoms with Crippen molar-refractivity contribution in [1.82, 2.24) is 10.2 Å². The van der Waals surface area contributed by atoms with Crippen molar-refractivity contribution in [2.75, 3.05) is 26.2 Å². The molecule has 4 heteroatoms. The van der Waals surface area contributed by atoms with Crippen LogP contribution in [-0.4, -0.2) is 48.7 Å². The summed E-state index contributed by atoms with van der Waals surface area (Å²) < 4.78 is 5.19. The number of carbonyl (C=O) groups excluding carboxylic acids is 1. The van der Waals surface area contributed by atoms with Gasteiger partial charge in [0.2, 0.25) is 0 Å². The van der Waals surface area contributed by atoms with Crippen LogP contribution in [0.5, 0.6) is 0 Å². The van der Waals surface area contributed by atoms with Crippen molar-refractivity contribution in [3.8, 4) is 0 Å². The van der Waals surface area contributed by atoms with E-state index < -0.39 is 5.54 Å². The number of nitrogens with zero attached hydrogens (tertiary/aromatic N) is 1. The quantitative estimate of drug-likeness (QED) is 0.468. The molecule has 0 fully saturated rings. The summed E-state index contributed by atoms with van der Waals surface area (Å²) in [5, 5.41) is 3.28. The predicted octanol–water partition coefficient (Wildman–Crippen LogP) is 2.82. The SMILES string of the molecule is CCNC(C)(CCCCN(CC)C(C)C)C(=O)OCC. The zero-order valence-electron chi connectivity index (χ0n) is 14.3. The largest absolute Gasteiger partial charge is 0.465 e. The van der Waals surface area contributed by atoms with Gasteiger partial charge in [-0.05, 0) is 66.6 Å². The first-order valence-corrected chi connectivity index (χ1v) is 8.07. The fourth-order valence-electron chi connectivity index (χ4n) is 2.52. The highest BCUT2D eigenvalue weighted by Crippen LogP contribution is 2.16. The number of rotatable bonds is 11. The number of unbranched alkanes of at least 4 members (excludes halogenated alkanes) is 1. The molecule has 0 rings (SSSR count). The molecule has 0 bridgehead atoms.